The average molecular weight is 282 g/mol. The van der Waals surface area contributed by atoms with E-state index in [9.17, 15) is 0 Å². The molecule has 1 aromatic carbocycles. The van der Waals surface area contributed by atoms with Gasteiger partial charge in [0.15, 0.2) is 0 Å². The van der Waals surface area contributed by atoms with Gasteiger partial charge in [0, 0.05) is 36.6 Å². The van der Waals surface area contributed by atoms with Crippen LogP contribution in [0.5, 0.6) is 0 Å². The minimum Gasteiger partial charge on any atom is -0.369 e. The number of para-hydroxylation sites is 1. The quantitative estimate of drug-likeness (QED) is 0.936. The molecule has 1 aliphatic heterocycles. The number of aryl methyl sites for hydroxylation is 2. The van der Waals surface area contributed by atoms with E-state index in [2.05, 4.69) is 63.5 Å². The number of hydrogen-bond acceptors (Lipinski definition) is 4. The Hall–Kier alpha value is -2.10. The van der Waals surface area contributed by atoms with Crippen LogP contribution in [-0.4, -0.2) is 29.1 Å². The lowest BCUT2D eigenvalue weighted by atomic mass is 10.2. The molecule has 4 nitrogen and oxygen atoms in total. The highest BCUT2D eigenvalue weighted by molar-refractivity contribution is 5.48. The standard InChI is InChI=1S/C17H22N4/c1-3-14-11-17(19-13(2)18-14)20-15-9-10-21(12-15)16-7-5-4-6-8-16/h4-8,11,15H,3,9-10,12H2,1-2H3,(H,18,19,20). The van der Waals surface area contributed by atoms with Gasteiger partial charge in [0.05, 0.1) is 0 Å². The number of nitrogens with zero attached hydrogens (tertiary/aromatic N) is 3. The summed E-state index contributed by atoms with van der Waals surface area (Å²) in [7, 11) is 0. The van der Waals surface area contributed by atoms with Crippen molar-refractivity contribution in [3.63, 3.8) is 0 Å². The van der Waals surface area contributed by atoms with Gasteiger partial charge < -0.3 is 10.2 Å². The summed E-state index contributed by atoms with van der Waals surface area (Å²) in [6.45, 7) is 6.19. The zero-order valence-electron chi connectivity index (χ0n) is 12.7. The first-order valence-electron chi connectivity index (χ1n) is 7.65. The Morgan fingerprint density at radius 1 is 1.24 bits per heavy atom. The van der Waals surface area contributed by atoms with E-state index in [1.807, 2.05) is 6.92 Å². The Bertz CT molecular complexity index is 597. The van der Waals surface area contributed by atoms with E-state index in [1.54, 1.807) is 0 Å². The molecule has 3 rings (SSSR count). The first-order valence-corrected chi connectivity index (χ1v) is 7.65. The third-order valence-corrected chi connectivity index (χ3v) is 3.91. The van der Waals surface area contributed by atoms with Gasteiger partial charge in [-0.1, -0.05) is 25.1 Å². The van der Waals surface area contributed by atoms with E-state index < -0.39 is 0 Å². The highest BCUT2D eigenvalue weighted by Gasteiger charge is 2.22. The maximum Gasteiger partial charge on any atom is 0.130 e. The van der Waals surface area contributed by atoms with Gasteiger partial charge in [-0.15, -0.1) is 0 Å². The molecule has 110 valence electrons. The molecule has 0 amide bonds. The molecule has 1 atom stereocenters. The summed E-state index contributed by atoms with van der Waals surface area (Å²) < 4.78 is 0. The molecule has 1 N–H and O–H groups in total. The van der Waals surface area contributed by atoms with Crippen LogP contribution < -0.4 is 10.2 Å². The van der Waals surface area contributed by atoms with E-state index in [0.717, 1.165) is 43.3 Å². The lowest BCUT2D eigenvalue weighted by Gasteiger charge is -2.19. The summed E-state index contributed by atoms with van der Waals surface area (Å²) >= 11 is 0. The highest BCUT2D eigenvalue weighted by Crippen LogP contribution is 2.21. The van der Waals surface area contributed by atoms with E-state index in [0.29, 0.717) is 6.04 Å². The predicted octanol–water partition coefficient (Wildman–Crippen LogP) is 3.04. The summed E-state index contributed by atoms with van der Waals surface area (Å²) in [5.41, 5.74) is 2.40. The normalized spacial score (nSPS) is 18.0. The molecule has 0 aliphatic carbocycles. The zero-order valence-corrected chi connectivity index (χ0v) is 12.7. The lowest BCUT2D eigenvalue weighted by molar-refractivity contribution is 0.794. The maximum absolute atomic E-state index is 4.50. The van der Waals surface area contributed by atoms with Crippen LogP contribution >= 0.6 is 0 Å². The fourth-order valence-electron chi connectivity index (χ4n) is 2.85. The van der Waals surface area contributed by atoms with Gasteiger partial charge in [-0.3, -0.25) is 0 Å². The van der Waals surface area contributed by atoms with Gasteiger partial charge in [0.25, 0.3) is 0 Å². The van der Waals surface area contributed by atoms with E-state index in [1.165, 1.54) is 5.69 Å². The molecule has 1 saturated heterocycles. The van der Waals surface area contributed by atoms with Crippen LogP contribution in [0.3, 0.4) is 0 Å². The summed E-state index contributed by atoms with van der Waals surface area (Å²) in [5, 5.41) is 3.56. The monoisotopic (exact) mass is 282 g/mol. The van der Waals surface area contributed by atoms with Crippen LogP contribution in [0.25, 0.3) is 0 Å². The molecule has 0 radical (unpaired) electrons. The number of anilines is 2. The third kappa shape index (κ3) is 3.32. The summed E-state index contributed by atoms with van der Waals surface area (Å²) in [4.78, 5) is 11.4. The van der Waals surface area contributed by atoms with Crippen LogP contribution in [0.15, 0.2) is 36.4 Å². The summed E-state index contributed by atoms with van der Waals surface area (Å²) in [6, 6.07) is 13.1. The van der Waals surface area contributed by atoms with Crippen LogP contribution in [0.4, 0.5) is 11.5 Å². The Balaban J connectivity index is 1.66. The topological polar surface area (TPSA) is 41.0 Å². The molecule has 0 saturated carbocycles. The number of rotatable bonds is 4. The first-order chi connectivity index (χ1) is 10.2. The Morgan fingerprint density at radius 3 is 2.81 bits per heavy atom. The van der Waals surface area contributed by atoms with Gasteiger partial charge in [-0.25, -0.2) is 9.97 Å². The summed E-state index contributed by atoms with van der Waals surface area (Å²) in [6.07, 6.45) is 2.08. The van der Waals surface area contributed by atoms with Crippen molar-refractivity contribution in [3.05, 3.63) is 47.9 Å². The molecule has 0 spiro atoms. The van der Waals surface area contributed by atoms with Gasteiger partial charge >= 0.3 is 0 Å². The minimum atomic E-state index is 0.448. The maximum atomic E-state index is 4.50. The van der Waals surface area contributed by atoms with Gasteiger partial charge in [0.2, 0.25) is 0 Å². The van der Waals surface area contributed by atoms with Crippen molar-refractivity contribution in [2.75, 3.05) is 23.3 Å². The van der Waals surface area contributed by atoms with Crippen LogP contribution in [-0.2, 0) is 6.42 Å². The molecule has 0 bridgehead atoms. The van der Waals surface area contributed by atoms with Crippen LogP contribution in [0.2, 0.25) is 0 Å². The molecule has 21 heavy (non-hydrogen) atoms. The van der Waals surface area contributed by atoms with Crippen LogP contribution in [0, 0.1) is 6.92 Å². The molecule has 1 unspecified atom stereocenters. The molecule has 1 aromatic heterocycles. The molecule has 1 fully saturated rings. The molecular formula is C17H22N4. The zero-order chi connectivity index (χ0) is 14.7. The average Bonchev–Trinajstić information content (AvgIpc) is 2.96. The molecule has 2 aromatic rings. The van der Waals surface area contributed by atoms with E-state index in [-0.39, 0.29) is 0 Å². The number of nitrogens with one attached hydrogen (secondary N) is 1. The lowest BCUT2D eigenvalue weighted by Crippen LogP contribution is -2.26. The van der Waals surface area contributed by atoms with Crippen molar-refractivity contribution in [2.45, 2.75) is 32.7 Å². The largest absolute Gasteiger partial charge is 0.369 e. The van der Waals surface area contributed by atoms with Gasteiger partial charge in [0.1, 0.15) is 11.6 Å². The van der Waals surface area contributed by atoms with E-state index >= 15 is 0 Å². The number of hydrogen-bond donors (Lipinski definition) is 1. The van der Waals surface area contributed by atoms with Crippen molar-refractivity contribution in [3.8, 4) is 0 Å². The predicted molar refractivity (Wildman–Crippen MR) is 86.8 cm³/mol. The van der Waals surface area contributed by atoms with Crippen molar-refractivity contribution in [1.29, 1.82) is 0 Å². The Morgan fingerprint density at radius 2 is 2.05 bits per heavy atom. The van der Waals surface area contributed by atoms with Crippen molar-refractivity contribution in [2.24, 2.45) is 0 Å². The van der Waals surface area contributed by atoms with Crippen molar-refractivity contribution < 1.29 is 0 Å². The van der Waals surface area contributed by atoms with E-state index in [4.69, 9.17) is 0 Å². The van der Waals surface area contributed by atoms with Crippen LogP contribution in [0.1, 0.15) is 24.9 Å². The molecular weight excluding hydrogens is 260 g/mol. The smallest absolute Gasteiger partial charge is 0.130 e. The molecule has 2 heterocycles. The fraction of sp³-hybridized carbons (Fsp3) is 0.412. The minimum absolute atomic E-state index is 0.448. The Kier molecular flexibility index (Phi) is 4.04. The highest BCUT2D eigenvalue weighted by atomic mass is 15.2. The first kappa shape index (κ1) is 13.9. The molecule has 4 heteroatoms. The summed E-state index contributed by atoms with van der Waals surface area (Å²) in [5.74, 6) is 1.80. The number of aromatic nitrogens is 2. The fourth-order valence-corrected chi connectivity index (χ4v) is 2.85. The van der Waals surface area contributed by atoms with Crippen molar-refractivity contribution in [1.82, 2.24) is 9.97 Å². The number of benzene rings is 1. The molecule has 1 aliphatic rings. The van der Waals surface area contributed by atoms with Crippen molar-refractivity contribution >= 4 is 11.5 Å². The van der Waals surface area contributed by atoms with Gasteiger partial charge in [-0.05, 0) is 31.9 Å². The second kappa shape index (κ2) is 6.12. The second-order valence-corrected chi connectivity index (χ2v) is 5.56. The SMILES string of the molecule is CCc1cc(NC2CCN(c3ccccc3)C2)nc(C)n1. The second-order valence-electron chi connectivity index (χ2n) is 5.56. The third-order valence-electron chi connectivity index (χ3n) is 3.91. The van der Waals surface area contributed by atoms with Gasteiger partial charge in [-0.2, -0.15) is 0 Å². The Labute approximate surface area is 126 Å².